The highest BCUT2D eigenvalue weighted by Crippen LogP contribution is 2.27. The molecular formula is C13H18F3NO. The quantitative estimate of drug-likeness (QED) is 0.868. The Hall–Kier alpha value is -1.23. The highest BCUT2D eigenvalue weighted by Gasteiger charge is 2.31. The van der Waals surface area contributed by atoms with E-state index in [2.05, 4.69) is 23.9 Å². The van der Waals surface area contributed by atoms with E-state index in [1.165, 1.54) is 12.1 Å². The fourth-order valence-electron chi connectivity index (χ4n) is 1.82. The third-order valence-corrected chi connectivity index (χ3v) is 2.55. The molecule has 2 nitrogen and oxygen atoms in total. The molecule has 1 unspecified atom stereocenters. The molecule has 0 heterocycles. The Kier molecular flexibility index (Phi) is 5.02. The van der Waals surface area contributed by atoms with Crippen molar-refractivity contribution in [2.24, 2.45) is 5.92 Å². The smallest absolute Gasteiger partial charge is 0.406 e. The van der Waals surface area contributed by atoms with E-state index < -0.39 is 6.36 Å². The number of ether oxygens (including phenoxy) is 1. The van der Waals surface area contributed by atoms with E-state index in [1.807, 2.05) is 0 Å². The van der Waals surface area contributed by atoms with Crippen LogP contribution in [0.15, 0.2) is 24.3 Å². The number of hydrogen-bond donors (Lipinski definition) is 1. The Balaban J connectivity index is 2.86. The summed E-state index contributed by atoms with van der Waals surface area (Å²) in [7, 11) is 1.80. The Morgan fingerprint density at radius 3 is 2.44 bits per heavy atom. The van der Waals surface area contributed by atoms with E-state index in [-0.39, 0.29) is 11.8 Å². The number of alkyl halides is 3. The average Bonchev–Trinajstić information content (AvgIpc) is 2.23. The minimum atomic E-state index is -4.65. The van der Waals surface area contributed by atoms with Gasteiger partial charge in [0.05, 0.1) is 0 Å². The van der Waals surface area contributed by atoms with Gasteiger partial charge in [0.25, 0.3) is 0 Å². The van der Waals surface area contributed by atoms with Crippen molar-refractivity contribution in [2.75, 3.05) is 7.05 Å². The van der Waals surface area contributed by atoms with Crippen LogP contribution in [0.5, 0.6) is 5.75 Å². The summed E-state index contributed by atoms with van der Waals surface area (Å²) in [6.45, 7) is 4.14. The van der Waals surface area contributed by atoms with Crippen LogP contribution in [0, 0.1) is 5.92 Å². The molecule has 0 spiro atoms. The molecule has 0 aliphatic heterocycles. The zero-order valence-corrected chi connectivity index (χ0v) is 10.7. The van der Waals surface area contributed by atoms with Crippen LogP contribution < -0.4 is 10.1 Å². The normalized spacial score (nSPS) is 13.7. The molecule has 0 aromatic heterocycles. The molecule has 18 heavy (non-hydrogen) atoms. The molecule has 5 heteroatoms. The van der Waals surface area contributed by atoms with Crippen LogP contribution in [0.1, 0.15) is 31.9 Å². The Morgan fingerprint density at radius 2 is 1.94 bits per heavy atom. The predicted octanol–water partition coefficient (Wildman–Crippen LogP) is 3.89. The minimum Gasteiger partial charge on any atom is -0.406 e. The van der Waals surface area contributed by atoms with Gasteiger partial charge in [-0.25, -0.2) is 0 Å². The van der Waals surface area contributed by atoms with Gasteiger partial charge in [-0.2, -0.15) is 0 Å². The van der Waals surface area contributed by atoms with E-state index >= 15 is 0 Å². The second-order valence-electron chi connectivity index (χ2n) is 4.59. The third kappa shape index (κ3) is 4.96. The van der Waals surface area contributed by atoms with Crippen molar-refractivity contribution >= 4 is 0 Å². The second kappa shape index (κ2) is 6.09. The van der Waals surface area contributed by atoms with Crippen molar-refractivity contribution in [3.05, 3.63) is 29.8 Å². The minimum absolute atomic E-state index is 0.0294. The van der Waals surface area contributed by atoms with Crippen LogP contribution in [0.4, 0.5) is 13.2 Å². The Morgan fingerprint density at radius 1 is 1.28 bits per heavy atom. The van der Waals surface area contributed by atoms with Crippen LogP contribution >= 0.6 is 0 Å². The Labute approximate surface area is 105 Å². The van der Waals surface area contributed by atoms with Gasteiger partial charge in [-0.05, 0) is 37.1 Å². The topological polar surface area (TPSA) is 21.3 Å². The first-order chi connectivity index (χ1) is 8.31. The molecule has 1 N–H and O–H groups in total. The van der Waals surface area contributed by atoms with E-state index in [1.54, 1.807) is 19.2 Å². The second-order valence-corrected chi connectivity index (χ2v) is 4.59. The van der Waals surface area contributed by atoms with Gasteiger partial charge in [-0.3, -0.25) is 0 Å². The molecule has 102 valence electrons. The number of hydrogen-bond acceptors (Lipinski definition) is 2. The van der Waals surface area contributed by atoms with Crippen molar-refractivity contribution in [3.8, 4) is 5.75 Å². The standard InChI is InChI=1S/C13H18F3NO/c1-9(2)7-12(17-3)10-5-4-6-11(8-10)18-13(14,15)16/h4-6,8-9,12,17H,7H2,1-3H3. The van der Waals surface area contributed by atoms with E-state index in [0.717, 1.165) is 12.0 Å². The Bertz CT molecular complexity index is 377. The zero-order valence-electron chi connectivity index (χ0n) is 10.7. The van der Waals surface area contributed by atoms with E-state index in [0.29, 0.717) is 5.92 Å². The lowest BCUT2D eigenvalue weighted by molar-refractivity contribution is -0.274. The molecule has 0 aliphatic rings. The lowest BCUT2D eigenvalue weighted by atomic mass is 9.97. The summed E-state index contributed by atoms with van der Waals surface area (Å²) in [4.78, 5) is 0. The first kappa shape index (κ1) is 14.8. The van der Waals surface area contributed by atoms with Gasteiger partial charge in [0, 0.05) is 6.04 Å². The average molecular weight is 261 g/mol. The van der Waals surface area contributed by atoms with Crippen molar-refractivity contribution in [3.63, 3.8) is 0 Å². The zero-order chi connectivity index (χ0) is 13.8. The fourth-order valence-corrected chi connectivity index (χ4v) is 1.82. The molecule has 0 saturated carbocycles. The number of benzene rings is 1. The van der Waals surface area contributed by atoms with Crippen LogP contribution in [0.3, 0.4) is 0 Å². The van der Waals surface area contributed by atoms with Crippen molar-refractivity contribution < 1.29 is 17.9 Å². The summed E-state index contributed by atoms with van der Waals surface area (Å²) in [5, 5.41) is 3.10. The van der Waals surface area contributed by atoms with Gasteiger partial charge in [-0.1, -0.05) is 26.0 Å². The molecule has 1 atom stereocenters. The monoisotopic (exact) mass is 261 g/mol. The number of rotatable bonds is 5. The van der Waals surface area contributed by atoms with Gasteiger partial charge in [0.1, 0.15) is 5.75 Å². The largest absolute Gasteiger partial charge is 0.573 e. The molecule has 0 fully saturated rings. The predicted molar refractivity (Wildman–Crippen MR) is 64.4 cm³/mol. The summed E-state index contributed by atoms with van der Waals surface area (Å²) in [5.41, 5.74) is 0.799. The molecule has 1 aromatic carbocycles. The van der Waals surface area contributed by atoms with Gasteiger partial charge in [-0.15, -0.1) is 13.2 Å². The van der Waals surface area contributed by atoms with Crippen molar-refractivity contribution in [2.45, 2.75) is 32.7 Å². The van der Waals surface area contributed by atoms with Gasteiger partial charge < -0.3 is 10.1 Å². The summed E-state index contributed by atoms with van der Waals surface area (Å²) in [5.74, 6) is 0.277. The first-order valence-corrected chi connectivity index (χ1v) is 5.85. The molecule has 1 aromatic rings. The molecule has 0 aliphatic carbocycles. The summed E-state index contributed by atoms with van der Waals surface area (Å²) >= 11 is 0. The third-order valence-electron chi connectivity index (χ3n) is 2.55. The van der Waals surface area contributed by atoms with Crippen LogP contribution in [0.2, 0.25) is 0 Å². The van der Waals surface area contributed by atoms with E-state index in [4.69, 9.17) is 0 Å². The summed E-state index contributed by atoms with van der Waals surface area (Å²) < 4.78 is 40.3. The molecule has 0 radical (unpaired) electrons. The van der Waals surface area contributed by atoms with Crippen LogP contribution in [0.25, 0.3) is 0 Å². The molecular weight excluding hydrogens is 243 g/mol. The van der Waals surface area contributed by atoms with Gasteiger partial charge in [0.2, 0.25) is 0 Å². The van der Waals surface area contributed by atoms with Gasteiger partial charge in [0.15, 0.2) is 0 Å². The van der Waals surface area contributed by atoms with Gasteiger partial charge >= 0.3 is 6.36 Å². The van der Waals surface area contributed by atoms with Crippen molar-refractivity contribution in [1.82, 2.24) is 5.32 Å². The number of nitrogens with one attached hydrogen (secondary N) is 1. The lowest BCUT2D eigenvalue weighted by Crippen LogP contribution is -2.20. The van der Waals surface area contributed by atoms with Crippen molar-refractivity contribution in [1.29, 1.82) is 0 Å². The van der Waals surface area contributed by atoms with Crippen LogP contribution in [-0.2, 0) is 0 Å². The van der Waals surface area contributed by atoms with E-state index in [9.17, 15) is 13.2 Å². The first-order valence-electron chi connectivity index (χ1n) is 5.85. The molecule has 1 rings (SSSR count). The fraction of sp³-hybridized carbons (Fsp3) is 0.538. The highest BCUT2D eigenvalue weighted by molar-refractivity contribution is 5.30. The highest BCUT2D eigenvalue weighted by atomic mass is 19.4. The lowest BCUT2D eigenvalue weighted by Gasteiger charge is -2.19. The molecule has 0 bridgehead atoms. The summed E-state index contributed by atoms with van der Waals surface area (Å²) in [6.07, 6.45) is -3.79. The maximum absolute atomic E-state index is 12.1. The maximum Gasteiger partial charge on any atom is 0.573 e. The number of halogens is 3. The van der Waals surface area contributed by atoms with Crippen LogP contribution in [-0.4, -0.2) is 13.4 Å². The maximum atomic E-state index is 12.1. The SMILES string of the molecule is CNC(CC(C)C)c1cccc(OC(F)(F)F)c1. The molecule has 0 saturated heterocycles. The summed E-state index contributed by atoms with van der Waals surface area (Å²) in [6, 6.07) is 6.13. The molecule has 0 amide bonds.